The summed E-state index contributed by atoms with van der Waals surface area (Å²) in [6, 6.07) is 4.00. The maximum atomic E-state index is 11.6. The summed E-state index contributed by atoms with van der Waals surface area (Å²) in [6.45, 7) is 4.62. The zero-order valence-electron chi connectivity index (χ0n) is 13.1. The van der Waals surface area contributed by atoms with Gasteiger partial charge < -0.3 is 9.14 Å². The first-order valence-electron chi connectivity index (χ1n) is 7.49. The molecular formula is C17H18N4O2. The third-order valence-corrected chi connectivity index (χ3v) is 3.35. The number of nitrogens with zero attached hydrogens (tertiary/aromatic N) is 4. The largest absolute Gasteiger partial charge is 0.462 e. The van der Waals surface area contributed by atoms with E-state index in [1.54, 1.807) is 17.8 Å². The molecule has 3 rings (SSSR count). The third kappa shape index (κ3) is 3.31. The van der Waals surface area contributed by atoms with Crippen molar-refractivity contribution in [3.63, 3.8) is 0 Å². The number of fused-ring (bicyclic) bond motifs is 1. The van der Waals surface area contributed by atoms with Crippen molar-refractivity contribution in [1.29, 1.82) is 0 Å². The standard InChI is InChI=1S/C17H18N4O2/c1-3-5-13-6-7-16-19-15(11-20(16)9-13)12-21-10-14(8-18-21)17(22)23-4-2/h3,5-11H,4,12H2,1-2H3/b5-3-. The van der Waals surface area contributed by atoms with Crippen LogP contribution in [0, 0.1) is 0 Å². The van der Waals surface area contributed by atoms with Gasteiger partial charge in [0.2, 0.25) is 0 Å². The van der Waals surface area contributed by atoms with E-state index in [9.17, 15) is 4.79 Å². The maximum Gasteiger partial charge on any atom is 0.341 e. The highest BCUT2D eigenvalue weighted by Gasteiger charge is 2.10. The molecule has 0 N–H and O–H groups in total. The molecule has 0 aliphatic rings. The number of esters is 1. The van der Waals surface area contributed by atoms with Gasteiger partial charge in [0.1, 0.15) is 5.65 Å². The van der Waals surface area contributed by atoms with E-state index in [0.717, 1.165) is 16.9 Å². The van der Waals surface area contributed by atoms with Crippen molar-refractivity contribution in [2.24, 2.45) is 0 Å². The normalized spacial score (nSPS) is 11.4. The number of ether oxygens (including phenoxy) is 1. The molecule has 0 spiro atoms. The van der Waals surface area contributed by atoms with Gasteiger partial charge in [-0.2, -0.15) is 5.10 Å². The number of hydrogen-bond donors (Lipinski definition) is 0. The molecule has 23 heavy (non-hydrogen) atoms. The Bertz CT molecular complexity index is 860. The van der Waals surface area contributed by atoms with Gasteiger partial charge in [0.15, 0.2) is 0 Å². The fourth-order valence-electron chi connectivity index (χ4n) is 2.36. The third-order valence-electron chi connectivity index (χ3n) is 3.35. The summed E-state index contributed by atoms with van der Waals surface area (Å²) < 4.78 is 8.63. The molecule has 0 bridgehead atoms. The van der Waals surface area contributed by atoms with Crippen LogP contribution in [0.25, 0.3) is 11.7 Å². The second kappa shape index (κ2) is 6.48. The second-order valence-electron chi connectivity index (χ2n) is 5.11. The lowest BCUT2D eigenvalue weighted by atomic mass is 10.2. The van der Waals surface area contributed by atoms with Crippen LogP contribution in [0.2, 0.25) is 0 Å². The number of allylic oxidation sites excluding steroid dienone is 1. The predicted molar refractivity (Wildman–Crippen MR) is 87.2 cm³/mol. The number of imidazole rings is 1. The molecular weight excluding hydrogens is 292 g/mol. The highest BCUT2D eigenvalue weighted by molar-refractivity contribution is 5.88. The van der Waals surface area contributed by atoms with Crippen LogP contribution in [0.3, 0.4) is 0 Å². The molecule has 0 amide bonds. The van der Waals surface area contributed by atoms with Crippen LogP contribution in [0.1, 0.15) is 35.5 Å². The molecule has 6 nitrogen and oxygen atoms in total. The van der Waals surface area contributed by atoms with E-state index in [2.05, 4.69) is 10.1 Å². The number of hydrogen-bond acceptors (Lipinski definition) is 4. The van der Waals surface area contributed by atoms with E-state index >= 15 is 0 Å². The Morgan fingerprint density at radius 3 is 2.96 bits per heavy atom. The van der Waals surface area contributed by atoms with Crippen molar-refractivity contribution in [2.45, 2.75) is 20.4 Å². The van der Waals surface area contributed by atoms with E-state index in [1.807, 2.05) is 48.0 Å². The van der Waals surface area contributed by atoms with Crippen molar-refractivity contribution in [1.82, 2.24) is 19.2 Å². The Morgan fingerprint density at radius 1 is 1.30 bits per heavy atom. The Morgan fingerprint density at radius 2 is 2.17 bits per heavy atom. The minimum atomic E-state index is -0.357. The molecule has 0 aromatic carbocycles. The van der Waals surface area contributed by atoms with Crippen LogP contribution in [-0.4, -0.2) is 31.7 Å². The molecule has 6 heteroatoms. The molecule has 0 unspecified atom stereocenters. The Balaban J connectivity index is 1.80. The number of pyridine rings is 1. The first-order chi connectivity index (χ1) is 11.2. The summed E-state index contributed by atoms with van der Waals surface area (Å²) in [5.74, 6) is -0.357. The summed E-state index contributed by atoms with van der Waals surface area (Å²) in [7, 11) is 0. The zero-order chi connectivity index (χ0) is 16.2. The molecule has 3 aromatic heterocycles. The molecule has 118 valence electrons. The van der Waals surface area contributed by atoms with Crippen LogP contribution in [-0.2, 0) is 11.3 Å². The monoisotopic (exact) mass is 310 g/mol. The molecule has 0 radical (unpaired) electrons. The van der Waals surface area contributed by atoms with E-state index in [-0.39, 0.29) is 5.97 Å². The first-order valence-corrected chi connectivity index (χ1v) is 7.49. The van der Waals surface area contributed by atoms with Crippen molar-refractivity contribution >= 4 is 17.7 Å². The summed E-state index contributed by atoms with van der Waals surface area (Å²) >= 11 is 0. The number of rotatable bonds is 5. The highest BCUT2D eigenvalue weighted by atomic mass is 16.5. The Labute approximate surface area is 134 Å². The van der Waals surface area contributed by atoms with Gasteiger partial charge in [-0.1, -0.05) is 12.2 Å². The number of aromatic nitrogens is 4. The van der Waals surface area contributed by atoms with Gasteiger partial charge in [0.25, 0.3) is 0 Å². The van der Waals surface area contributed by atoms with E-state index < -0.39 is 0 Å². The predicted octanol–water partition coefficient (Wildman–Crippen LogP) is 2.79. The zero-order valence-corrected chi connectivity index (χ0v) is 13.1. The van der Waals surface area contributed by atoms with Crippen LogP contribution in [0.4, 0.5) is 0 Å². The maximum absolute atomic E-state index is 11.6. The number of carbonyl (C=O) groups is 1. The van der Waals surface area contributed by atoms with Gasteiger partial charge in [-0.3, -0.25) is 4.68 Å². The van der Waals surface area contributed by atoms with Crippen molar-refractivity contribution < 1.29 is 9.53 Å². The molecule has 0 aliphatic carbocycles. The summed E-state index contributed by atoms with van der Waals surface area (Å²) in [6.07, 6.45) is 11.2. The van der Waals surface area contributed by atoms with Crippen LogP contribution in [0.15, 0.2) is 43.0 Å². The molecule has 3 heterocycles. The molecule has 0 aliphatic heterocycles. The lowest BCUT2D eigenvalue weighted by Gasteiger charge is -1.97. The summed E-state index contributed by atoms with van der Waals surface area (Å²) in [5.41, 5.74) is 3.32. The van der Waals surface area contributed by atoms with E-state index in [1.165, 1.54) is 6.20 Å². The van der Waals surface area contributed by atoms with Crippen molar-refractivity contribution in [3.8, 4) is 0 Å². The van der Waals surface area contributed by atoms with Crippen molar-refractivity contribution in [3.05, 3.63) is 59.8 Å². The van der Waals surface area contributed by atoms with Crippen LogP contribution < -0.4 is 0 Å². The quantitative estimate of drug-likeness (QED) is 0.680. The summed E-state index contributed by atoms with van der Waals surface area (Å²) in [5, 5.41) is 4.19. The fraction of sp³-hybridized carbons (Fsp3) is 0.235. The van der Waals surface area contributed by atoms with Gasteiger partial charge in [0, 0.05) is 18.6 Å². The van der Waals surface area contributed by atoms with Gasteiger partial charge in [-0.15, -0.1) is 0 Å². The second-order valence-corrected chi connectivity index (χ2v) is 5.11. The van der Waals surface area contributed by atoms with Gasteiger partial charge in [-0.05, 0) is 31.5 Å². The number of carbonyl (C=O) groups excluding carboxylic acids is 1. The summed E-state index contributed by atoms with van der Waals surface area (Å²) in [4.78, 5) is 16.2. The lowest BCUT2D eigenvalue weighted by Crippen LogP contribution is -2.04. The van der Waals surface area contributed by atoms with E-state index in [0.29, 0.717) is 18.7 Å². The molecule has 0 fully saturated rings. The van der Waals surface area contributed by atoms with Crippen molar-refractivity contribution in [2.75, 3.05) is 6.61 Å². The van der Waals surface area contributed by atoms with Gasteiger partial charge in [0.05, 0.1) is 30.6 Å². The van der Waals surface area contributed by atoms with Gasteiger partial charge >= 0.3 is 5.97 Å². The average Bonchev–Trinajstić information content (AvgIpc) is 3.14. The van der Waals surface area contributed by atoms with Crippen LogP contribution in [0.5, 0.6) is 0 Å². The van der Waals surface area contributed by atoms with Crippen LogP contribution >= 0.6 is 0 Å². The first kappa shape index (κ1) is 15.0. The average molecular weight is 310 g/mol. The van der Waals surface area contributed by atoms with E-state index in [4.69, 9.17) is 4.74 Å². The smallest absolute Gasteiger partial charge is 0.341 e. The lowest BCUT2D eigenvalue weighted by molar-refractivity contribution is 0.0526. The Hall–Kier alpha value is -2.89. The molecule has 0 atom stereocenters. The minimum Gasteiger partial charge on any atom is -0.462 e. The molecule has 0 saturated heterocycles. The fourth-order valence-corrected chi connectivity index (χ4v) is 2.36. The van der Waals surface area contributed by atoms with Gasteiger partial charge in [-0.25, -0.2) is 9.78 Å². The highest BCUT2D eigenvalue weighted by Crippen LogP contribution is 2.11. The molecule has 3 aromatic rings. The Kier molecular flexibility index (Phi) is 4.23. The molecule has 0 saturated carbocycles. The topological polar surface area (TPSA) is 61.4 Å². The SMILES string of the molecule is C/C=C\c1ccc2nc(Cn3cc(C(=O)OCC)cn3)cn2c1. The minimum absolute atomic E-state index is 0.352.